The third-order valence-electron chi connectivity index (χ3n) is 10.5. The molecule has 3 aromatic rings. The van der Waals surface area contributed by atoms with E-state index in [1.807, 2.05) is 32.0 Å². The molecule has 1 heterocycles. The zero-order valence-electron chi connectivity index (χ0n) is 37.9. The number of benzene rings is 2. The van der Waals surface area contributed by atoms with Gasteiger partial charge in [-0.3, -0.25) is 38.6 Å². The number of primary amides is 1. The normalized spacial score (nSPS) is 14.3. The molecule has 1 aromatic heterocycles. The number of fused-ring (bicyclic) bond motifs is 1. The molecule has 0 bridgehead atoms. The standard InChI is InChI=1S/C44H64N12O10S/c1-22(2)16-28(45)37(59)52-33(19-35(46)58)40(62)53-31(17-24-11-13-26(57)14-12-24)38(60)55-34(21-67)41(63)56-36(23(3)4)42(64)54-32(18-25-20-50-29-9-6-5-8-27(25)29)39(61)51-30(43(65)66)10-7-15-49-44(47)48/h5-6,8-9,11-14,20,22-23,28,30-34,36,50,57,67H,7,10,15-19,21,45H2,1-4H3,(H2,46,58)(H,51,61)(H,52,59)(H,53,62)(H,54,64)(H,55,60)(H,56,63)(H,65,66)(H4,47,48,49)/t28-,30-,31-,32-,33-,34-,36-/m0/s1. The lowest BCUT2D eigenvalue weighted by atomic mass is 10.00. The summed E-state index contributed by atoms with van der Waals surface area (Å²) in [6, 6.07) is 3.51. The minimum atomic E-state index is -1.53. The van der Waals surface area contributed by atoms with Gasteiger partial charge < -0.3 is 70.0 Å². The van der Waals surface area contributed by atoms with E-state index < -0.39 is 102 Å². The predicted molar refractivity (Wildman–Crippen MR) is 253 cm³/mol. The second kappa shape index (κ2) is 26.3. The highest BCUT2D eigenvalue weighted by Gasteiger charge is 2.35. The minimum absolute atomic E-state index is 0.0302. The van der Waals surface area contributed by atoms with Crippen molar-refractivity contribution in [2.75, 3.05) is 12.3 Å². The molecule has 23 heteroatoms. The van der Waals surface area contributed by atoms with Crippen LogP contribution in [0, 0.1) is 11.8 Å². The molecule has 17 N–H and O–H groups in total. The number of carbonyl (C=O) groups is 8. The molecule has 0 unspecified atom stereocenters. The van der Waals surface area contributed by atoms with Crippen LogP contribution in [0.2, 0.25) is 0 Å². The number of carbonyl (C=O) groups excluding carboxylic acids is 7. The monoisotopic (exact) mass is 952 g/mol. The number of thiol groups is 1. The number of amides is 7. The van der Waals surface area contributed by atoms with Crippen molar-refractivity contribution in [2.24, 2.45) is 39.8 Å². The van der Waals surface area contributed by atoms with Crippen LogP contribution in [0.25, 0.3) is 10.9 Å². The fourth-order valence-electron chi connectivity index (χ4n) is 6.93. The molecule has 0 fully saturated rings. The molecule has 0 spiro atoms. The van der Waals surface area contributed by atoms with Crippen LogP contribution in [0.15, 0.2) is 59.7 Å². The first-order chi connectivity index (χ1) is 31.6. The molecular formula is C44H64N12O10S. The van der Waals surface area contributed by atoms with E-state index in [-0.39, 0.29) is 62.0 Å². The number of nitrogens with one attached hydrogen (secondary N) is 7. The Morgan fingerprint density at radius 3 is 1.84 bits per heavy atom. The largest absolute Gasteiger partial charge is 0.508 e. The summed E-state index contributed by atoms with van der Waals surface area (Å²) >= 11 is 4.28. The Labute approximate surface area is 393 Å². The van der Waals surface area contributed by atoms with Crippen LogP contribution < -0.4 is 54.8 Å². The molecule has 3 rings (SSSR count). The maximum absolute atomic E-state index is 14.1. The number of guanidine groups is 1. The van der Waals surface area contributed by atoms with Crippen LogP contribution in [-0.2, 0) is 51.2 Å². The molecule has 2 aromatic carbocycles. The first-order valence-corrected chi connectivity index (χ1v) is 22.3. The van der Waals surface area contributed by atoms with Gasteiger partial charge >= 0.3 is 5.97 Å². The van der Waals surface area contributed by atoms with Crippen molar-refractivity contribution in [2.45, 2.75) is 109 Å². The lowest BCUT2D eigenvalue weighted by Gasteiger charge is -2.28. The fraction of sp³-hybridized carbons (Fsp3) is 0.477. The van der Waals surface area contributed by atoms with Gasteiger partial charge in [0.15, 0.2) is 5.96 Å². The average Bonchev–Trinajstić information content (AvgIpc) is 3.67. The summed E-state index contributed by atoms with van der Waals surface area (Å²) in [7, 11) is 0. The van der Waals surface area contributed by atoms with Gasteiger partial charge in [-0.15, -0.1) is 0 Å². The fourth-order valence-corrected chi connectivity index (χ4v) is 7.19. The number of aromatic amines is 1. The number of aromatic hydroxyl groups is 1. The number of H-pyrrole nitrogens is 1. The zero-order chi connectivity index (χ0) is 50.0. The highest BCUT2D eigenvalue weighted by Crippen LogP contribution is 2.20. The molecule has 0 aliphatic heterocycles. The number of hydrogen-bond donors (Lipinski definition) is 14. The summed E-state index contributed by atoms with van der Waals surface area (Å²) in [6.45, 7) is 7.06. The van der Waals surface area contributed by atoms with E-state index in [0.29, 0.717) is 11.1 Å². The van der Waals surface area contributed by atoms with Crippen LogP contribution in [0.3, 0.4) is 0 Å². The number of aliphatic imine (C=N–C) groups is 1. The van der Waals surface area contributed by atoms with E-state index in [1.54, 1.807) is 26.1 Å². The van der Waals surface area contributed by atoms with Crippen LogP contribution in [0.4, 0.5) is 0 Å². The van der Waals surface area contributed by atoms with E-state index in [2.05, 4.69) is 54.5 Å². The number of nitrogens with two attached hydrogens (primary N) is 4. The lowest BCUT2D eigenvalue weighted by Crippen LogP contribution is -2.61. The van der Waals surface area contributed by atoms with Crippen molar-refractivity contribution in [3.05, 3.63) is 65.9 Å². The van der Waals surface area contributed by atoms with Gasteiger partial charge in [-0.05, 0) is 60.4 Å². The average molecular weight is 953 g/mol. The van der Waals surface area contributed by atoms with Crippen molar-refractivity contribution in [3.63, 3.8) is 0 Å². The van der Waals surface area contributed by atoms with E-state index >= 15 is 0 Å². The van der Waals surface area contributed by atoms with Gasteiger partial charge in [0.25, 0.3) is 0 Å². The van der Waals surface area contributed by atoms with Crippen molar-refractivity contribution in [1.82, 2.24) is 36.9 Å². The number of aromatic nitrogens is 1. The van der Waals surface area contributed by atoms with Gasteiger partial charge in [-0.25, -0.2) is 4.79 Å². The number of phenolic OH excluding ortho intramolecular Hbond substituents is 1. The summed E-state index contributed by atoms with van der Waals surface area (Å²) in [4.78, 5) is 114. The highest BCUT2D eigenvalue weighted by atomic mass is 32.1. The zero-order valence-corrected chi connectivity index (χ0v) is 38.8. The van der Waals surface area contributed by atoms with Crippen molar-refractivity contribution in [3.8, 4) is 5.75 Å². The topological polar surface area (TPSA) is 381 Å². The second-order valence-corrected chi connectivity index (χ2v) is 17.2. The van der Waals surface area contributed by atoms with Crippen molar-refractivity contribution >= 4 is 76.8 Å². The molecular weight excluding hydrogens is 889 g/mol. The number of carboxylic acids is 1. The Morgan fingerprint density at radius 1 is 0.701 bits per heavy atom. The van der Waals surface area contributed by atoms with Crippen LogP contribution in [0.5, 0.6) is 5.75 Å². The number of hydrogen-bond acceptors (Lipinski definition) is 12. The maximum Gasteiger partial charge on any atom is 0.326 e. The van der Waals surface area contributed by atoms with Crippen LogP contribution in [-0.4, -0.2) is 123 Å². The van der Waals surface area contributed by atoms with Gasteiger partial charge in [0, 0.05) is 42.2 Å². The Balaban J connectivity index is 1.86. The molecule has 366 valence electrons. The molecule has 67 heavy (non-hydrogen) atoms. The third kappa shape index (κ3) is 17.8. The molecule has 7 amide bonds. The quantitative estimate of drug-likeness (QED) is 0.0180. The van der Waals surface area contributed by atoms with Gasteiger partial charge in [-0.2, -0.15) is 12.6 Å². The highest BCUT2D eigenvalue weighted by molar-refractivity contribution is 7.80. The predicted octanol–water partition coefficient (Wildman–Crippen LogP) is -1.46. The molecule has 0 radical (unpaired) electrons. The SMILES string of the molecule is CC(C)C[C@H](N)C(=O)N[C@@H](CC(N)=O)C(=O)N[C@@H](Cc1ccc(O)cc1)C(=O)N[C@@H](CS)C(=O)N[C@H](C(=O)N[C@@H](Cc1c[nH]c2ccccc12)C(=O)N[C@@H](CCCN=C(N)N)C(=O)O)C(C)C. The Bertz CT molecular complexity index is 2230. The number of aliphatic carboxylic acids is 1. The van der Waals surface area contributed by atoms with E-state index in [4.69, 9.17) is 22.9 Å². The van der Waals surface area contributed by atoms with Gasteiger partial charge in [0.2, 0.25) is 41.4 Å². The summed E-state index contributed by atoms with van der Waals surface area (Å²) < 4.78 is 0. The molecule has 0 saturated heterocycles. The van der Waals surface area contributed by atoms with E-state index in [0.717, 1.165) is 10.9 Å². The smallest absolute Gasteiger partial charge is 0.326 e. The molecule has 7 atom stereocenters. The van der Waals surface area contributed by atoms with Gasteiger partial charge in [0.1, 0.15) is 42.0 Å². The number of para-hydroxylation sites is 1. The third-order valence-corrected chi connectivity index (χ3v) is 10.8. The lowest BCUT2D eigenvalue weighted by molar-refractivity contribution is -0.142. The Kier molecular flexibility index (Phi) is 21.4. The number of rotatable bonds is 27. The van der Waals surface area contributed by atoms with Crippen LogP contribution >= 0.6 is 12.6 Å². The Hall–Kier alpha value is -6.88. The van der Waals surface area contributed by atoms with Gasteiger partial charge in [0.05, 0.1) is 12.5 Å². The Morgan fingerprint density at radius 2 is 1.25 bits per heavy atom. The summed E-state index contributed by atoms with van der Waals surface area (Å²) in [6.07, 6.45) is 1.20. The molecule has 0 saturated carbocycles. The number of phenols is 1. The molecule has 0 aliphatic carbocycles. The summed E-state index contributed by atoms with van der Waals surface area (Å²) in [5.41, 5.74) is 24.0. The second-order valence-electron chi connectivity index (χ2n) is 16.8. The number of nitrogens with zero attached hydrogens (tertiary/aromatic N) is 1. The van der Waals surface area contributed by atoms with Gasteiger partial charge in [-0.1, -0.05) is 58.0 Å². The minimum Gasteiger partial charge on any atom is -0.508 e. The molecule has 22 nitrogen and oxygen atoms in total. The van der Waals surface area contributed by atoms with Crippen molar-refractivity contribution in [1.29, 1.82) is 0 Å². The number of carboxylic acid groups (broad SMARTS) is 1. The first-order valence-electron chi connectivity index (χ1n) is 21.7. The maximum atomic E-state index is 14.1. The molecule has 0 aliphatic rings. The summed E-state index contributed by atoms with van der Waals surface area (Å²) in [5, 5.41) is 35.8. The van der Waals surface area contributed by atoms with E-state index in [1.165, 1.54) is 24.3 Å². The first kappa shape index (κ1) is 54.5. The van der Waals surface area contributed by atoms with E-state index in [9.17, 15) is 48.6 Å². The summed E-state index contributed by atoms with van der Waals surface area (Å²) in [5.74, 6) is -8.46. The van der Waals surface area contributed by atoms with Crippen molar-refractivity contribution < 1.29 is 48.6 Å². The van der Waals surface area contributed by atoms with Crippen LogP contribution in [0.1, 0.15) is 64.5 Å².